The summed E-state index contributed by atoms with van der Waals surface area (Å²) in [6.45, 7) is 3.11. The molecule has 0 N–H and O–H groups in total. The fourth-order valence-electron chi connectivity index (χ4n) is 1.45. The van der Waals surface area contributed by atoms with Gasteiger partial charge in [-0.25, -0.2) is 0 Å². The first-order valence-corrected chi connectivity index (χ1v) is 6.28. The van der Waals surface area contributed by atoms with E-state index in [0.29, 0.717) is 4.47 Å². The Morgan fingerprint density at radius 2 is 2.22 bits per heavy atom. The number of ketones is 1. The van der Waals surface area contributed by atoms with Crippen LogP contribution >= 0.6 is 27.5 Å². The van der Waals surface area contributed by atoms with Gasteiger partial charge in [0.2, 0.25) is 5.75 Å². The Hall–Kier alpha value is -1.14. The third-order valence-corrected chi connectivity index (χ3v) is 2.89. The van der Waals surface area contributed by atoms with Crippen LogP contribution in [0.3, 0.4) is 0 Å². The summed E-state index contributed by atoms with van der Waals surface area (Å²) in [5, 5.41) is 11.1. The minimum Gasteiger partial charge on any atom is -0.483 e. The third-order valence-electron chi connectivity index (χ3n) is 2.08. The van der Waals surface area contributed by atoms with Gasteiger partial charge in [-0.1, -0.05) is 11.6 Å². The van der Waals surface area contributed by atoms with Gasteiger partial charge in [0, 0.05) is 17.5 Å². The fourth-order valence-corrected chi connectivity index (χ4v) is 2.33. The van der Waals surface area contributed by atoms with Crippen molar-refractivity contribution in [1.82, 2.24) is 0 Å². The zero-order valence-corrected chi connectivity index (χ0v) is 12.1. The highest BCUT2D eigenvalue weighted by Gasteiger charge is 2.22. The largest absolute Gasteiger partial charge is 0.483 e. The lowest BCUT2D eigenvalue weighted by molar-refractivity contribution is -0.386. The van der Waals surface area contributed by atoms with E-state index in [2.05, 4.69) is 15.9 Å². The molecule has 0 spiro atoms. The van der Waals surface area contributed by atoms with Crippen molar-refractivity contribution in [3.63, 3.8) is 0 Å². The van der Waals surface area contributed by atoms with Crippen LogP contribution in [0.1, 0.15) is 20.3 Å². The molecule has 0 aliphatic rings. The second-order valence-electron chi connectivity index (χ2n) is 3.83. The summed E-state index contributed by atoms with van der Waals surface area (Å²) in [6, 6.07) is 2.71. The van der Waals surface area contributed by atoms with Crippen LogP contribution in [0.5, 0.6) is 5.75 Å². The quantitative estimate of drug-likeness (QED) is 0.606. The molecule has 5 nitrogen and oxygen atoms in total. The van der Waals surface area contributed by atoms with Crippen LogP contribution in [-0.4, -0.2) is 16.8 Å². The molecule has 1 rings (SSSR count). The van der Waals surface area contributed by atoms with E-state index in [-0.39, 0.29) is 28.7 Å². The number of carbonyl (C=O) groups excluding carboxylic acids is 1. The van der Waals surface area contributed by atoms with Gasteiger partial charge in [-0.2, -0.15) is 0 Å². The highest BCUT2D eigenvalue weighted by Crippen LogP contribution is 2.38. The predicted octanol–water partition coefficient (Wildman–Crippen LogP) is 3.76. The van der Waals surface area contributed by atoms with Gasteiger partial charge in [-0.3, -0.25) is 14.9 Å². The van der Waals surface area contributed by atoms with Crippen LogP contribution in [0.25, 0.3) is 0 Å². The van der Waals surface area contributed by atoms with Crippen LogP contribution in [-0.2, 0) is 4.79 Å². The van der Waals surface area contributed by atoms with E-state index in [9.17, 15) is 14.9 Å². The lowest BCUT2D eigenvalue weighted by Gasteiger charge is -2.14. The first-order valence-electron chi connectivity index (χ1n) is 5.10. The van der Waals surface area contributed by atoms with Crippen molar-refractivity contribution in [1.29, 1.82) is 0 Å². The van der Waals surface area contributed by atoms with E-state index in [4.69, 9.17) is 16.3 Å². The van der Waals surface area contributed by atoms with E-state index in [1.54, 1.807) is 6.92 Å². The summed E-state index contributed by atoms with van der Waals surface area (Å²) in [5.74, 6) is 0.0355. The van der Waals surface area contributed by atoms with Gasteiger partial charge in [0.15, 0.2) is 0 Å². The molecule has 0 saturated heterocycles. The molecule has 98 valence electrons. The van der Waals surface area contributed by atoms with Gasteiger partial charge in [0.25, 0.3) is 0 Å². The average molecular weight is 337 g/mol. The lowest BCUT2D eigenvalue weighted by atomic mass is 10.2. The van der Waals surface area contributed by atoms with Crippen molar-refractivity contribution in [3.05, 3.63) is 31.7 Å². The second kappa shape index (κ2) is 6.15. The zero-order valence-electron chi connectivity index (χ0n) is 9.78. The Morgan fingerprint density at radius 3 is 2.72 bits per heavy atom. The van der Waals surface area contributed by atoms with Crippen molar-refractivity contribution in [2.24, 2.45) is 0 Å². The molecule has 18 heavy (non-hydrogen) atoms. The molecule has 1 atom stereocenters. The Morgan fingerprint density at radius 1 is 1.61 bits per heavy atom. The van der Waals surface area contributed by atoms with Crippen LogP contribution in [0.4, 0.5) is 5.69 Å². The number of rotatable bonds is 5. The van der Waals surface area contributed by atoms with Gasteiger partial charge in [0.1, 0.15) is 11.9 Å². The lowest BCUT2D eigenvalue weighted by Crippen LogP contribution is -2.16. The predicted molar refractivity (Wildman–Crippen MR) is 71.2 cm³/mol. The summed E-state index contributed by atoms with van der Waals surface area (Å²) in [7, 11) is 0. The number of hydrogen-bond acceptors (Lipinski definition) is 4. The van der Waals surface area contributed by atoms with Gasteiger partial charge in [-0.05, 0) is 35.8 Å². The summed E-state index contributed by atoms with van der Waals surface area (Å²) in [5.41, 5.74) is -0.232. The molecule has 1 unspecified atom stereocenters. The summed E-state index contributed by atoms with van der Waals surface area (Å²) < 4.78 is 5.82. The number of Topliss-reactive ketones (excluding diaryl/α,β-unsaturated/α-hetero) is 1. The van der Waals surface area contributed by atoms with Crippen molar-refractivity contribution >= 4 is 39.0 Å². The van der Waals surface area contributed by atoms with E-state index < -0.39 is 11.0 Å². The number of nitrogens with zero attached hydrogens (tertiary/aromatic N) is 1. The topological polar surface area (TPSA) is 69.4 Å². The minimum atomic E-state index is -0.577. The Balaban J connectivity index is 3.07. The second-order valence-corrected chi connectivity index (χ2v) is 5.12. The maximum Gasteiger partial charge on any atom is 0.313 e. The molecule has 0 aliphatic heterocycles. The number of nitro benzene ring substituents is 1. The number of ether oxygens (including phenoxy) is 1. The van der Waals surface area contributed by atoms with Crippen LogP contribution in [0.15, 0.2) is 16.6 Å². The Labute approximate surface area is 117 Å². The van der Waals surface area contributed by atoms with E-state index in [1.165, 1.54) is 19.1 Å². The SMILES string of the molecule is CC(=O)CC(C)Oc1c(Br)cc(Cl)cc1[N+](=O)[O-]. The van der Waals surface area contributed by atoms with Crippen molar-refractivity contribution in [2.75, 3.05) is 0 Å². The molecule has 0 aromatic heterocycles. The molecule has 7 heteroatoms. The standard InChI is InChI=1S/C11H11BrClNO4/c1-6(15)3-7(2)18-11-9(12)4-8(13)5-10(11)14(16)17/h4-5,7H,3H2,1-2H3. The molecule has 0 fully saturated rings. The van der Waals surface area contributed by atoms with E-state index in [1.807, 2.05) is 0 Å². The highest BCUT2D eigenvalue weighted by molar-refractivity contribution is 9.10. The fraction of sp³-hybridized carbons (Fsp3) is 0.364. The smallest absolute Gasteiger partial charge is 0.313 e. The van der Waals surface area contributed by atoms with Gasteiger partial charge in [0.05, 0.1) is 9.40 Å². The molecule has 1 aromatic carbocycles. The minimum absolute atomic E-state index is 0.0461. The average Bonchev–Trinajstić information content (AvgIpc) is 2.20. The van der Waals surface area contributed by atoms with Gasteiger partial charge < -0.3 is 4.74 Å². The molecule has 0 heterocycles. The molecular formula is C11H11BrClNO4. The number of hydrogen-bond donors (Lipinski definition) is 0. The maximum atomic E-state index is 11.0. The Bertz CT molecular complexity index is 492. The molecule has 0 radical (unpaired) electrons. The molecule has 0 bridgehead atoms. The first-order chi connectivity index (χ1) is 8.31. The Kier molecular flexibility index (Phi) is 5.10. The van der Waals surface area contributed by atoms with Gasteiger partial charge >= 0.3 is 5.69 Å². The highest BCUT2D eigenvalue weighted by atomic mass is 79.9. The normalized spacial score (nSPS) is 12.0. The molecule has 1 aromatic rings. The van der Waals surface area contributed by atoms with Crippen LogP contribution in [0.2, 0.25) is 5.02 Å². The third kappa shape index (κ3) is 3.96. The number of benzene rings is 1. The van der Waals surface area contributed by atoms with Crippen LogP contribution in [0, 0.1) is 10.1 Å². The summed E-state index contributed by atoms with van der Waals surface area (Å²) in [6.07, 6.45) is -0.259. The number of halogens is 2. The molecule has 0 amide bonds. The number of carbonyl (C=O) groups is 1. The van der Waals surface area contributed by atoms with E-state index in [0.717, 1.165) is 0 Å². The summed E-state index contributed by atoms with van der Waals surface area (Å²) >= 11 is 8.91. The maximum absolute atomic E-state index is 11.0. The van der Waals surface area contributed by atoms with E-state index >= 15 is 0 Å². The molecule has 0 aliphatic carbocycles. The van der Waals surface area contributed by atoms with Crippen molar-refractivity contribution in [2.45, 2.75) is 26.4 Å². The van der Waals surface area contributed by atoms with Crippen molar-refractivity contribution < 1.29 is 14.5 Å². The van der Waals surface area contributed by atoms with Crippen molar-refractivity contribution in [3.8, 4) is 5.75 Å². The van der Waals surface area contributed by atoms with Gasteiger partial charge in [-0.15, -0.1) is 0 Å². The molecular weight excluding hydrogens is 325 g/mol. The van der Waals surface area contributed by atoms with Crippen LogP contribution < -0.4 is 4.74 Å². The first kappa shape index (κ1) is 14.9. The monoisotopic (exact) mass is 335 g/mol. The summed E-state index contributed by atoms with van der Waals surface area (Å²) in [4.78, 5) is 21.3. The zero-order chi connectivity index (χ0) is 13.9. The number of nitro groups is 1. The molecule has 0 saturated carbocycles.